The van der Waals surface area contributed by atoms with Crippen molar-refractivity contribution in [2.24, 2.45) is 11.8 Å². The van der Waals surface area contributed by atoms with Gasteiger partial charge in [0, 0.05) is 25.1 Å². The summed E-state index contributed by atoms with van der Waals surface area (Å²) in [5.74, 6) is 0.580. The fraction of sp³-hybridized carbons (Fsp3) is 0.923. The number of nitrogens with one attached hydrogen (secondary N) is 2. The topological polar surface area (TPSA) is 61.4 Å². The average molecular weight is 240 g/mol. The molecule has 1 saturated heterocycles. The Morgan fingerprint density at radius 3 is 2.76 bits per heavy atom. The van der Waals surface area contributed by atoms with Crippen LogP contribution in [0.2, 0.25) is 0 Å². The minimum Gasteiger partial charge on any atom is -0.396 e. The maximum atomic E-state index is 12.1. The second kappa shape index (κ2) is 6.36. The van der Waals surface area contributed by atoms with Crippen LogP contribution in [0.15, 0.2) is 0 Å². The van der Waals surface area contributed by atoms with Crippen molar-refractivity contribution in [2.45, 2.75) is 44.6 Å². The molecule has 0 aromatic rings. The van der Waals surface area contributed by atoms with Crippen LogP contribution in [-0.2, 0) is 4.79 Å². The van der Waals surface area contributed by atoms with Crippen molar-refractivity contribution >= 4 is 5.91 Å². The molecule has 0 bridgehead atoms. The Hall–Kier alpha value is -0.610. The van der Waals surface area contributed by atoms with Gasteiger partial charge < -0.3 is 15.7 Å². The quantitative estimate of drug-likeness (QED) is 0.679. The van der Waals surface area contributed by atoms with Crippen LogP contribution in [-0.4, -0.2) is 36.8 Å². The lowest BCUT2D eigenvalue weighted by atomic mass is 9.84. The van der Waals surface area contributed by atoms with Gasteiger partial charge >= 0.3 is 0 Å². The second-order valence-electron chi connectivity index (χ2n) is 5.39. The van der Waals surface area contributed by atoms with Crippen molar-refractivity contribution in [3.05, 3.63) is 0 Å². The van der Waals surface area contributed by atoms with E-state index in [1.807, 2.05) is 0 Å². The van der Waals surface area contributed by atoms with E-state index in [1.165, 1.54) is 12.8 Å². The van der Waals surface area contributed by atoms with Crippen LogP contribution >= 0.6 is 0 Å². The highest BCUT2D eigenvalue weighted by Crippen LogP contribution is 2.24. The zero-order valence-corrected chi connectivity index (χ0v) is 10.5. The zero-order chi connectivity index (χ0) is 12.1. The normalized spacial score (nSPS) is 34.3. The summed E-state index contributed by atoms with van der Waals surface area (Å²) < 4.78 is 0. The molecule has 2 fully saturated rings. The molecular weight excluding hydrogens is 216 g/mol. The van der Waals surface area contributed by atoms with Crippen LogP contribution in [0.25, 0.3) is 0 Å². The van der Waals surface area contributed by atoms with Crippen molar-refractivity contribution in [3.8, 4) is 0 Å². The number of rotatable bonds is 3. The third-order valence-corrected chi connectivity index (χ3v) is 4.14. The molecule has 1 saturated carbocycles. The van der Waals surface area contributed by atoms with Crippen molar-refractivity contribution in [3.63, 3.8) is 0 Å². The molecule has 17 heavy (non-hydrogen) atoms. The number of carbonyl (C=O) groups excluding carboxylic acids is 1. The van der Waals surface area contributed by atoms with Gasteiger partial charge in [0.15, 0.2) is 0 Å². The lowest BCUT2D eigenvalue weighted by molar-refractivity contribution is -0.127. The lowest BCUT2D eigenvalue weighted by Gasteiger charge is -2.32. The van der Waals surface area contributed by atoms with Crippen LogP contribution in [0.5, 0.6) is 0 Å². The van der Waals surface area contributed by atoms with E-state index in [4.69, 9.17) is 0 Å². The van der Waals surface area contributed by atoms with E-state index in [0.29, 0.717) is 0 Å². The molecule has 2 unspecified atom stereocenters. The second-order valence-corrected chi connectivity index (χ2v) is 5.39. The van der Waals surface area contributed by atoms with Gasteiger partial charge in [-0.2, -0.15) is 0 Å². The number of carbonyl (C=O) groups is 1. The van der Waals surface area contributed by atoms with Gasteiger partial charge in [-0.05, 0) is 32.2 Å². The first-order valence-electron chi connectivity index (χ1n) is 6.93. The maximum absolute atomic E-state index is 12.1. The first kappa shape index (κ1) is 12.8. The number of aliphatic hydroxyl groups is 1. The van der Waals surface area contributed by atoms with Gasteiger partial charge in [0.25, 0.3) is 0 Å². The average Bonchev–Trinajstić information content (AvgIpc) is 2.40. The van der Waals surface area contributed by atoms with Crippen molar-refractivity contribution in [1.82, 2.24) is 10.6 Å². The van der Waals surface area contributed by atoms with Gasteiger partial charge in [-0.25, -0.2) is 0 Å². The number of hydrogen-bond acceptors (Lipinski definition) is 3. The van der Waals surface area contributed by atoms with E-state index in [0.717, 1.165) is 38.8 Å². The van der Waals surface area contributed by atoms with Crippen molar-refractivity contribution in [2.75, 3.05) is 19.7 Å². The Bertz CT molecular complexity index is 252. The van der Waals surface area contributed by atoms with Gasteiger partial charge in [0.05, 0.1) is 5.92 Å². The van der Waals surface area contributed by atoms with Gasteiger partial charge in [-0.3, -0.25) is 4.79 Å². The molecule has 2 rings (SSSR count). The summed E-state index contributed by atoms with van der Waals surface area (Å²) in [4.78, 5) is 12.1. The van der Waals surface area contributed by atoms with Gasteiger partial charge in [-0.15, -0.1) is 0 Å². The lowest BCUT2D eigenvalue weighted by Crippen LogP contribution is -2.48. The Labute approximate surface area is 103 Å². The molecule has 3 atom stereocenters. The van der Waals surface area contributed by atoms with Gasteiger partial charge in [0.1, 0.15) is 0 Å². The SMILES string of the molecule is O=C(NC1CCCCC1CO)[C@@H]1CCCNC1. The standard InChI is InChI=1S/C13H24N2O2/c16-9-11-4-1-2-6-12(11)15-13(17)10-5-3-7-14-8-10/h10-12,14,16H,1-9H2,(H,15,17)/t10-,11?,12?/m1/s1. The summed E-state index contributed by atoms with van der Waals surface area (Å²) in [5, 5.41) is 15.7. The number of amides is 1. The zero-order valence-electron chi connectivity index (χ0n) is 10.5. The minimum atomic E-state index is 0.130. The predicted molar refractivity (Wildman–Crippen MR) is 66.6 cm³/mol. The highest BCUT2D eigenvalue weighted by Gasteiger charge is 2.28. The van der Waals surface area contributed by atoms with E-state index in [2.05, 4.69) is 10.6 Å². The van der Waals surface area contributed by atoms with Gasteiger partial charge in [0.2, 0.25) is 5.91 Å². The first-order chi connectivity index (χ1) is 8.31. The Balaban J connectivity index is 1.83. The maximum Gasteiger partial charge on any atom is 0.224 e. The molecule has 98 valence electrons. The molecule has 0 spiro atoms. The van der Waals surface area contributed by atoms with E-state index in [1.54, 1.807) is 0 Å². The Morgan fingerprint density at radius 2 is 2.06 bits per heavy atom. The molecule has 3 N–H and O–H groups in total. The molecule has 1 aliphatic carbocycles. The number of hydrogen-bond donors (Lipinski definition) is 3. The largest absolute Gasteiger partial charge is 0.396 e. The van der Waals surface area contributed by atoms with E-state index in [9.17, 15) is 9.90 Å². The van der Waals surface area contributed by atoms with Crippen LogP contribution in [0.4, 0.5) is 0 Å². The van der Waals surface area contributed by atoms with Crippen LogP contribution < -0.4 is 10.6 Å². The van der Waals surface area contributed by atoms with Crippen molar-refractivity contribution in [1.29, 1.82) is 0 Å². The van der Waals surface area contributed by atoms with Gasteiger partial charge in [-0.1, -0.05) is 12.8 Å². The van der Waals surface area contributed by atoms with Crippen LogP contribution in [0.3, 0.4) is 0 Å². The molecule has 1 heterocycles. The minimum absolute atomic E-state index is 0.130. The highest BCUT2D eigenvalue weighted by atomic mass is 16.3. The Morgan fingerprint density at radius 1 is 1.24 bits per heavy atom. The molecule has 1 aliphatic heterocycles. The Kier molecular flexibility index (Phi) is 4.80. The summed E-state index contributed by atoms with van der Waals surface area (Å²) >= 11 is 0. The third kappa shape index (κ3) is 3.42. The summed E-state index contributed by atoms with van der Waals surface area (Å²) in [6, 6.07) is 0.197. The molecule has 0 radical (unpaired) electrons. The van der Waals surface area contributed by atoms with Crippen molar-refractivity contribution < 1.29 is 9.90 Å². The fourth-order valence-corrected chi connectivity index (χ4v) is 2.99. The predicted octanol–water partition coefficient (Wildman–Crippen LogP) is 0.653. The first-order valence-corrected chi connectivity index (χ1v) is 6.93. The molecular formula is C13H24N2O2. The molecule has 2 aliphatic rings. The summed E-state index contributed by atoms with van der Waals surface area (Å²) in [6.07, 6.45) is 6.51. The molecule has 0 aromatic heterocycles. The summed E-state index contributed by atoms with van der Waals surface area (Å²) in [6.45, 7) is 2.04. The monoisotopic (exact) mass is 240 g/mol. The smallest absolute Gasteiger partial charge is 0.224 e. The molecule has 1 amide bonds. The molecule has 4 nitrogen and oxygen atoms in total. The van der Waals surface area contributed by atoms with E-state index in [-0.39, 0.29) is 30.4 Å². The molecule has 4 heteroatoms. The fourth-order valence-electron chi connectivity index (χ4n) is 2.99. The van der Waals surface area contributed by atoms with Crippen LogP contribution in [0, 0.1) is 11.8 Å². The van der Waals surface area contributed by atoms with E-state index < -0.39 is 0 Å². The summed E-state index contributed by atoms with van der Waals surface area (Å²) in [7, 11) is 0. The summed E-state index contributed by atoms with van der Waals surface area (Å²) in [5.41, 5.74) is 0. The number of piperidine rings is 1. The highest BCUT2D eigenvalue weighted by molar-refractivity contribution is 5.79. The van der Waals surface area contributed by atoms with E-state index >= 15 is 0 Å². The van der Waals surface area contributed by atoms with Crippen LogP contribution in [0.1, 0.15) is 38.5 Å². The molecule has 0 aromatic carbocycles. The number of aliphatic hydroxyl groups excluding tert-OH is 1. The third-order valence-electron chi connectivity index (χ3n) is 4.14.